The Kier molecular flexibility index (Phi) is 15.9. The molecule has 0 unspecified atom stereocenters. The third kappa shape index (κ3) is 7.34. The van der Waals surface area contributed by atoms with Gasteiger partial charge in [0.2, 0.25) is 0 Å². The molecule has 0 N–H and O–H groups in total. The van der Waals surface area contributed by atoms with Gasteiger partial charge in [0.15, 0.2) is 0 Å². The van der Waals surface area contributed by atoms with Crippen LogP contribution in [0.4, 0.5) is 0 Å². The van der Waals surface area contributed by atoms with Crippen LogP contribution in [0.5, 0.6) is 5.75 Å². The zero-order valence-corrected chi connectivity index (χ0v) is 20.4. The third-order valence-electron chi connectivity index (χ3n) is 3.47. The number of hydrogen-bond acceptors (Lipinski definition) is 1. The molecule has 0 heterocycles. The predicted molar refractivity (Wildman–Crippen MR) is 97.8 cm³/mol. The fraction of sp³-hybridized carbons (Fsp3) is 0.182. The summed E-state index contributed by atoms with van der Waals surface area (Å²) in [7, 11) is 1.72. The molecule has 3 aromatic carbocycles. The number of fused-ring (bicyclic) bond motifs is 3. The summed E-state index contributed by atoms with van der Waals surface area (Å²) >= 11 is 0. The molecule has 4 rings (SSSR count). The molecule has 26 heavy (non-hydrogen) atoms. The van der Waals surface area contributed by atoms with Crippen molar-refractivity contribution in [3.05, 3.63) is 90.3 Å². The van der Waals surface area contributed by atoms with Crippen LogP contribution >= 0.6 is 0 Å². The van der Waals surface area contributed by atoms with E-state index in [0.29, 0.717) is 0 Å². The summed E-state index contributed by atoms with van der Waals surface area (Å²) in [5, 5.41) is 0. The fourth-order valence-electron chi connectivity index (χ4n) is 2.56. The van der Waals surface area contributed by atoms with Crippen molar-refractivity contribution in [3.63, 3.8) is 0 Å². The van der Waals surface area contributed by atoms with Crippen LogP contribution in [0.1, 0.15) is 25.0 Å². The molecule has 140 valence electrons. The van der Waals surface area contributed by atoms with Gasteiger partial charge in [-0.1, -0.05) is 35.4 Å². The predicted octanol–water partition coefficient (Wildman–Crippen LogP) is -0.292. The Morgan fingerprint density at radius 2 is 1.62 bits per heavy atom. The molecule has 1 nitrogen and oxygen atoms in total. The summed E-state index contributed by atoms with van der Waals surface area (Å²) in [6.45, 7) is 4.00. The van der Waals surface area contributed by atoms with Gasteiger partial charge in [-0.05, 0) is 12.0 Å². The first kappa shape index (κ1) is 27.3. The van der Waals surface area contributed by atoms with E-state index in [1.165, 1.54) is 22.3 Å². The van der Waals surface area contributed by atoms with Crippen LogP contribution in [0.15, 0.2) is 66.7 Å². The minimum atomic E-state index is 0. The van der Waals surface area contributed by atoms with Crippen molar-refractivity contribution < 1.29 is 55.4 Å². The van der Waals surface area contributed by atoms with Crippen LogP contribution in [0.2, 0.25) is 0 Å². The van der Waals surface area contributed by atoms with Crippen LogP contribution < -0.4 is 29.6 Å². The van der Waals surface area contributed by atoms with Gasteiger partial charge in [-0.2, -0.15) is 44.2 Å². The molecular weight excluding hydrogens is 530 g/mol. The molecule has 1 aliphatic carbocycles. The first-order chi connectivity index (χ1) is 11.3. The Balaban J connectivity index is 0. The second-order valence-corrected chi connectivity index (χ2v) is 5.27. The molecule has 0 saturated heterocycles. The molecule has 0 saturated carbocycles. The van der Waals surface area contributed by atoms with E-state index in [9.17, 15) is 0 Å². The SMILES string of the molecule is COc1cc[c-]c2c1-c1ccccc1C2.C[CH-]C.[Cl-].[Cl-].[Hf].c1cc[cH-]c1. The summed E-state index contributed by atoms with van der Waals surface area (Å²) in [4.78, 5) is 0. The van der Waals surface area contributed by atoms with Gasteiger partial charge in [-0.3, -0.25) is 0 Å². The molecule has 3 aromatic rings. The number of methoxy groups -OCH3 is 1. The first-order valence-corrected chi connectivity index (χ1v) is 7.88. The van der Waals surface area contributed by atoms with Gasteiger partial charge in [0.05, 0.1) is 7.11 Å². The van der Waals surface area contributed by atoms with Gasteiger partial charge in [0.1, 0.15) is 0 Å². The van der Waals surface area contributed by atoms with Crippen LogP contribution in [0, 0.1) is 12.5 Å². The van der Waals surface area contributed by atoms with E-state index in [1.54, 1.807) is 7.11 Å². The third-order valence-corrected chi connectivity index (χ3v) is 3.47. The quantitative estimate of drug-likeness (QED) is 0.233. The minimum absolute atomic E-state index is 0. The van der Waals surface area contributed by atoms with E-state index in [-0.39, 0.29) is 50.7 Å². The molecule has 0 radical (unpaired) electrons. The molecular formula is C22H23Cl2HfO-5. The second-order valence-electron chi connectivity index (χ2n) is 5.27. The smallest absolute Gasteiger partial charge is 0.0744 e. The molecule has 0 bridgehead atoms. The van der Waals surface area contributed by atoms with E-state index in [4.69, 9.17) is 4.74 Å². The number of ether oxygens (including phenoxy) is 1. The zero-order chi connectivity index (χ0) is 16.5. The van der Waals surface area contributed by atoms with Crippen molar-refractivity contribution in [1.82, 2.24) is 0 Å². The number of hydrogen-bond donors (Lipinski definition) is 0. The van der Waals surface area contributed by atoms with E-state index < -0.39 is 0 Å². The molecule has 0 spiro atoms. The van der Waals surface area contributed by atoms with Gasteiger partial charge in [-0.15, -0.1) is 11.6 Å². The summed E-state index contributed by atoms with van der Waals surface area (Å²) in [6.07, 6.45) is 2.97. The Hall–Kier alpha value is -0.960. The van der Waals surface area contributed by atoms with Crippen molar-refractivity contribution in [2.24, 2.45) is 0 Å². The summed E-state index contributed by atoms with van der Waals surface area (Å²) in [6, 6.07) is 25.7. The second kappa shape index (κ2) is 15.1. The number of halogens is 2. The molecule has 0 atom stereocenters. The van der Waals surface area contributed by atoms with Gasteiger partial charge in [0, 0.05) is 31.6 Å². The minimum Gasteiger partial charge on any atom is -1.00 e. The standard InChI is InChI=1S/C14H11O.C5H5.C3H7.2ClH.Hf/c1-15-13-8-4-6-11-9-10-5-2-3-7-12(10)14(11)13;1-2-4-5-3-1;1-3-2;;;/h2-5,7-8H,9H2,1H3;1-5H;3H,1-2H3;2*1H;/q3*-1;;;/p-2. The topological polar surface area (TPSA) is 9.23 Å². The van der Waals surface area contributed by atoms with Gasteiger partial charge in [0.25, 0.3) is 0 Å². The molecule has 4 heteroatoms. The average molecular weight is 553 g/mol. The summed E-state index contributed by atoms with van der Waals surface area (Å²) in [5.41, 5.74) is 5.13. The molecule has 0 aromatic heterocycles. The zero-order valence-electron chi connectivity index (χ0n) is 15.3. The molecule has 1 aliphatic rings. The maximum Gasteiger partial charge on any atom is 0.0744 e. The van der Waals surface area contributed by atoms with Crippen LogP contribution in [0.3, 0.4) is 0 Å². The Labute approximate surface area is 189 Å². The maximum atomic E-state index is 5.39. The van der Waals surface area contributed by atoms with E-state index in [1.807, 2.05) is 62.7 Å². The Bertz CT molecular complexity index is 695. The monoisotopic (exact) mass is 553 g/mol. The van der Waals surface area contributed by atoms with Crippen molar-refractivity contribution in [1.29, 1.82) is 0 Å². The van der Waals surface area contributed by atoms with Crippen molar-refractivity contribution in [3.8, 4) is 16.9 Å². The van der Waals surface area contributed by atoms with Gasteiger partial charge < -0.3 is 36.0 Å². The first-order valence-electron chi connectivity index (χ1n) is 7.88. The number of benzene rings is 2. The molecule has 0 aliphatic heterocycles. The normalized spacial score (nSPS) is 9.19. The van der Waals surface area contributed by atoms with Crippen LogP contribution in [-0.4, -0.2) is 7.11 Å². The summed E-state index contributed by atoms with van der Waals surface area (Å²) < 4.78 is 5.39. The van der Waals surface area contributed by atoms with E-state index in [2.05, 4.69) is 30.3 Å². The fourth-order valence-corrected chi connectivity index (χ4v) is 2.56. The summed E-state index contributed by atoms with van der Waals surface area (Å²) in [5.74, 6) is 0.952. The largest absolute Gasteiger partial charge is 1.00 e. The van der Waals surface area contributed by atoms with E-state index >= 15 is 0 Å². The van der Waals surface area contributed by atoms with Crippen molar-refractivity contribution in [2.45, 2.75) is 20.3 Å². The average Bonchev–Trinajstić information content (AvgIpc) is 3.26. The van der Waals surface area contributed by atoms with Crippen molar-refractivity contribution >= 4 is 0 Å². The Morgan fingerprint density at radius 1 is 1.00 bits per heavy atom. The van der Waals surface area contributed by atoms with Crippen LogP contribution in [0.25, 0.3) is 11.1 Å². The van der Waals surface area contributed by atoms with Gasteiger partial charge >= 0.3 is 0 Å². The van der Waals surface area contributed by atoms with E-state index in [0.717, 1.165) is 12.2 Å². The molecule has 0 amide bonds. The van der Waals surface area contributed by atoms with Crippen LogP contribution in [-0.2, 0) is 32.3 Å². The van der Waals surface area contributed by atoms with Crippen molar-refractivity contribution in [2.75, 3.05) is 7.11 Å². The molecule has 0 fully saturated rings. The van der Waals surface area contributed by atoms with Gasteiger partial charge in [-0.25, -0.2) is 12.1 Å². The maximum absolute atomic E-state index is 5.39. The number of rotatable bonds is 1. The Morgan fingerprint density at radius 3 is 2.15 bits per heavy atom.